The van der Waals surface area contributed by atoms with Crippen LogP contribution in [0.3, 0.4) is 0 Å². The monoisotopic (exact) mass is 355 g/mol. The molecule has 3 rings (SSSR count). The predicted molar refractivity (Wildman–Crippen MR) is 103 cm³/mol. The highest BCUT2D eigenvalue weighted by Gasteiger charge is 2.19. The minimum atomic E-state index is 0.147. The van der Waals surface area contributed by atoms with E-state index in [0.717, 1.165) is 48.6 Å². The molecule has 2 aromatic carbocycles. The number of nitrogens with zero attached hydrogens (tertiary/aromatic N) is 1. The minimum absolute atomic E-state index is 0.147. The quantitative estimate of drug-likeness (QED) is 0.683. The van der Waals surface area contributed by atoms with Crippen molar-refractivity contribution < 1.29 is 9.53 Å². The van der Waals surface area contributed by atoms with E-state index in [-0.39, 0.29) is 5.91 Å². The average Bonchev–Trinajstić information content (AvgIpc) is 2.68. The van der Waals surface area contributed by atoms with Gasteiger partial charge in [0.1, 0.15) is 5.75 Å². The molecule has 0 spiro atoms. The number of carbonyl (C=O) groups excluding carboxylic acids is 1. The predicted octanol–water partition coefficient (Wildman–Crippen LogP) is 5.00. The van der Waals surface area contributed by atoms with E-state index in [1.165, 1.54) is 11.3 Å². The Morgan fingerprint density at radius 3 is 2.56 bits per heavy atom. The van der Waals surface area contributed by atoms with Crippen molar-refractivity contribution in [3.05, 3.63) is 59.7 Å². The smallest absolute Gasteiger partial charge is 0.253 e. The Labute approximate surface area is 154 Å². The number of thioether (sulfide) groups is 1. The zero-order chi connectivity index (χ0) is 17.5. The number of ether oxygens (including phenoxy) is 1. The topological polar surface area (TPSA) is 29.5 Å². The largest absolute Gasteiger partial charge is 0.494 e. The van der Waals surface area contributed by atoms with Crippen LogP contribution >= 0.6 is 11.8 Å². The molecule has 0 aromatic heterocycles. The number of carbonyl (C=O) groups is 1. The van der Waals surface area contributed by atoms with Gasteiger partial charge in [-0.1, -0.05) is 18.2 Å². The maximum absolute atomic E-state index is 12.8. The van der Waals surface area contributed by atoms with E-state index in [9.17, 15) is 4.79 Å². The van der Waals surface area contributed by atoms with Crippen molar-refractivity contribution in [2.75, 3.05) is 19.7 Å². The fourth-order valence-electron chi connectivity index (χ4n) is 3.08. The third kappa shape index (κ3) is 4.79. The van der Waals surface area contributed by atoms with Gasteiger partial charge in [0, 0.05) is 34.9 Å². The molecule has 1 amide bonds. The zero-order valence-electron chi connectivity index (χ0n) is 14.7. The van der Waals surface area contributed by atoms with Crippen LogP contribution in [0.25, 0.3) is 0 Å². The fourth-order valence-corrected chi connectivity index (χ4v) is 3.98. The summed E-state index contributed by atoms with van der Waals surface area (Å²) in [6.45, 7) is 4.36. The SMILES string of the molecule is CCOc1ccc(C(=O)N2CCCCC2)cc1CSc1ccccc1. The average molecular weight is 356 g/mol. The molecule has 4 heteroatoms. The highest BCUT2D eigenvalue weighted by atomic mass is 32.2. The van der Waals surface area contributed by atoms with Gasteiger partial charge in [-0.05, 0) is 56.5 Å². The van der Waals surface area contributed by atoms with Crippen LogP contribution in [0.2, 0.25) is 0 Å². The first kappa shape index (κ1) is 17.9. The summed E-state index contributed by atoms with van der Waals surface area (Å²) >= 11 is 1.76. The number of hydrogen-bond donors (Lipinski definition) is 0. The van der Waals surface area contributed by atoms with E-state index in [1.807, 2.05) is 48.2 Å². The maximum atomic E-state index is 12.8. The summed E-state index contributed by atoms with van der Waals surface area (Å²) in [5.74, 6) is 1.82. The summed E-state index contributed by atoms with van der Waals surface area (Å²) in [5.41, 5.74) is 1.85. The molecule has 0 atom stereocenters. The molecule has 0 unspecified atom stereocenters. The lowest BCUT2D eigenvalue weighted by Crippen LogP contribution is -2.35. The summed E-state index contributed by atoms with van der Waals surface area (Å²) in [6.07, 6.45) is 3.45. The third-order valence-corrected chi connectivity index (χ3v) is 5.45. The van der Waals surface area contributed by atoms with Crippen molar-refractivity contribution in [3.63, 3.8) is 0 Å². The second-order valence-electron chi connectivity index (χ2n) is 6.21. The van der Waals surface area contributed by atoms with Gasteiger partial charge in [-0.2, -0.15) is 0 Å². The van der Waals surface area contributed by atoms with Crippen molar-refractivity contribution in [3.8, 4) is 5.75 Å². The number of amides is 1. The molecule has 0 saturated carbocycles. The van der Waals surface area contributed by atoms with Crippen LogP contribution in [0.15, 0.2) is 53.4 Å². The van der Waals surface area contributed by atoms with Crippen LogP contribution in [0.1, 0.15) is 42.1 Å². The Morgan fingerprint density at radius 2 is 1.84 bits per heavy atom. The first-order valence-corrected chi connectivity index (χ1v) is 9.99. The van der Waals surface area contributed by atoms with Gasteiger partial charge < -0.3 is 9.64 Å². The summed E-state index contributed by atoms with van der Waals surface area (Å²) in [5, 5.41) is 0. The zero-order valence-corrected chi connectivity index (χ0v) is 15.6. The molecule has 132 valence electrons. The Bertz CT molecular complexity index is 696. The molecule has 1 saturated heterocycles. The van der Waals surface area contributed by atoms with E-state index < -0.39 is 0 Å². The summed E-state index contributed by atoms with van der Waals surface area (Å²) in [6, 6.07) is 16.2. The molecule has 0 bridgehead atoms. The lowest BCUT2D eigenvalue weighted by atomic mass is 10.1. The van der Waals surface area contributed by atoms with Crippen LogP contribution < -0.4 is 4.74 Å². The van der Waals surface area contributed by atoms with Crippen LogP contribution in [-0.2, 0) is 5.75 Å². The van der Waals surface area contributed by atoms with Crippen molar-refractivity contribution in [2.24, 2.45) is 0 Å². The van der Waals surface area contributed by atoms with Crippen LogP contribution in [0.4, 0.5) is 0 Å². The third-order valence-electron chi connectivity index (χ3n) is 4.39. The van der Waals surface area contributed by atoms with Gasteiger partial charge in [-0.3, -0.25) is 4.79 Å². The molecule has 0 radical (unpaired) electrons. The summed E-state index contributed by atoms with van der Waals surface area (Å²) in [4.78, 5) is 16.0. The number of likely N-dealkylation sites (tertiary alicyclic amines) is 1. The second kappa shape index (κ2) is 8.95. The van der Waals surface area contributed by atoms with Crippen LogP contribution in [-0.4, -0.2) is 30.5 Å². The van der Waals surface area contributed by atoms with Crippen molar-refractivity contribution >= 4 is 17.7 Å². The van der Waals surface area contributed by atoms with E-state index >= 15 is 0 Å². The van der Waals surface area contributed by atoms with Gasteiger partial charge >= 0.3 is 0 Å². The fraction of sp³-hybridized carbons (Fsp3) is 0.381. The molecule has 1 aliphatic rings. The first-order chi connectivity index (χ1) is 12.3. The maximum Gasteiger partial charge on any atom is 0.253 e. The number of rotatable bonds is 6. The van der Waals surface area contributed by atoms with Crippen LogP contribution in [0, 0.1) is 0 Å². The molecule has 1 fully saturated rings. The molecular formula is C21H25NO2S. The summed E-state index contributed by atoms with van der Waals surface area (Å²) in [7, 11) is 0. The standard InChI is InChI=1S/C21H25NO2S/c1-2-24-20-12-11-17(21(23)22-13-7-4-8-14-22)15-18(20)16-25-19-9-5-3-6-10-19/h3,5-6,9-12,15H,2,4,7-8,13-14,16H2,1H3. The molecule has 0 aliphatic carbocycles. The summed E-state index contributed by atoms with van der Waals surface area (Å²) < 4.78 is 5.77. The van der Waals surface area contributed by atoms with Gasteiger partial charge in [0.25, 0.3) is 5.91 Å². The van der Waals surface area contributed by atoms with Crippen molar-refractivity contribution in [1.82, 2.24) is 4.90 Å². The number of benzene rings is 2. The van der Waals surface area contributed by atoms with E-state index in [4.69, 9.17) is 4.74 Å². The Balaban J connectivity index is 1.77. The minimum Gasteiger partial charge on any atom is -0.494 e. The molecule has 1 aliphatic heterocycles. The van der Waals surface area contributed by atoms with Crippen molar-refractivity contribution in [1.29, 1.82) is 0 Å². The van der Waals surface area contributed by atoms with Gasteiger partial charge in [0.2, 0.25) is 0 Å². The molecular weight excluding hydrogens is 330 g/mol. The normalized spacial score (nSPS) is 14.4. The van der Waals surface area contributed by atoms with Crippen LogP contribution in [0.5, 0.6) is 5.75 Å². The lowest BCUT2D eigenvalue weighted by Gasteiger charge is -2.27. The van der Waals surface area contributed by atoms with E-state index in [0.29, 0.717) is 6.61 Å². The number of piperidine rings is 1. The highest BCUT2D eigenvalue weighted by molar-refractivity contribution is 7.98. The van der Waals surface area contributed by atoms with Gasteiger partial charge in [-0.25, -0.2) is 0 Å². The first-order valence-electron chi connectivity index (χ1n) is 9.01. The molecule has 3 nitrogen and oxygen atoms in total. The Morgan fingerprint density at radius 1 is 1.08 bits per heavy atom. The lowest BCUT2D eigenvalue weighted by molar-refractivity contribution is 0.0724. The van der Waals surface area contributed by atoms with Crippen molar-refractivity contribution in [2.45, 2.75) is 36.8 Å². The van der Waals surface area contributed by atoms with Gasteiger partial charge in [-0.15, -0.1) is 11.8 Å². The van der Waals surface area contributed by atoms with E-state index in [1.54, 1.807) is 11.8 Å². The Kier molecular flexibility index (Phi) is 6.40. The molecule has 25 heavy (non-hydrogen) atoms. The second-order valence-corrected chi connectivity index (χ2v) is 7.26. The number of hydrogen-bond acceptors (Lipinski definition) is 3. The highest BCUT2D eigenvalue weighted by Crippen LogP contribution is 2.29. The van der Waals surface area contributed by atoms with Gasteiger partial charge in [0.15, 0.2) is 0 Å². The molecule has 0 N–H and O–H groups in total. The molecule has 1 heterocycles. The molecule has 2 aromatic rings. The van der Waals surface area contributed by atoms with Gasteiger partial charge in [0.05, 0.1) is 6.61 Å². The van der Waals surface area contributed by atoms with E-state index in [2.05, 4.69) is 12.1 Å². The Hall–Kier alpha value is -1.94.